The molecule has 3 atom stereocenters. The highest BCUT2D eigenvalue weighted by Gasteiger charge is 2.35. The zero-order chi connectivity index (χ0) is 28.6. The van der Waals surface area contributed by atoms with Crippen molar-refractivity contribution >= 4 is 35.1 Å². The summed E-state index contributed by atoms with van der Waals surface area (Å²) >= 11 is 12.1. The summed E-state index contributed by atoms with van der Waals surface area (Å²) in [6.45, 7) is 5.59. The molecule has 1 aliphatic heterocycles. The number of hydrogen-bond donors (Lipinski definition) is 2. The third kappa shape index (κ3) is 6.02. The van der Waals surface area contributed by atoms with Gasteiger partial charge in [0.1, 0.15) is 5.82 Å². The van der Waals surface area contributed by atoms with Crippen molar-refractivity contribution < 1.29 is 27.9 Å². The molecule has 0 saturated heterocycles. The van der Waals surface area contributed by atoms with Gasteiger partial charge in [0.05, 0.1) is 39.9 Å². The Morgan fingerprint density at radius 1 is 1.18 bits per heavy atom. The largest absolute Gasteiger partial charge is 0.477 e. The summed E-state index contributed by atoms with van der Waals surface area (Å²) in [5, 5.41) is 18.3. The van der Waals surface area contributed by atoms with E-state index in [1.165, 1.54) is 16.8 Å². The Balaban J connectivity index is 1.52. The Kier molecular flexibility index (Phi) is 8.20. The van der Waals surface area contributed by atoms with E-state index in [-0.39, 0.29) is 41.6 Å². The Morgan fingerprint density at radius 2 is 1.85 bits per heavy atom. The van der Waals surface area contributed by atoms with Gasteiger partial charge in [-0.1, -0.05) is 23.2 Å². The average Bonchev–Trinajstić information content (AvgIpc) is 3.26. The second-order valence-electron chi connectivity index (χ2n) is 9.45. The average molecular weight is 585 g/mol. The summed E-state index contributed by atoms with van der Waals surface area (Å²) in [5.41, 5.74) is 0.391. The molecule has 0 aliphatic carbocycles. The standard InChI is InChI=1S/C25H25Cl2F3N6O3/c1-12-6-20-17(11-35(12)23(37)15-4-5-18(26)19(27)7-15)21(24(38)39)36(34-20)13(2)8-31-14(3)22-32-9-16(10-33-22)25(28,29)30/h4-5,7,9-10,12-14,31H,6,8,11H2,1-3H3,(H,38,39)/t12-,13-,14?/m1/s1. The SMILES string of the molecule is CC(NC[C@@H](C)n1nc2c(c1C(=O)O)CN(C(=O)c1ccc(Cl)c(Cl)c1)[C@H](C)C2)c1ncc(C(F)(F)F)cn1. The summed E-state index contributed by atoms with van der Waals surface area (Å²) < 4.78 is 39.8. The number of nitrogens with zero attached hydrogens (tertiary/aromatic N) is 5. The van der Waals surface area contributed by atoms with Crippen LogP contribution in [0.5, 0.6) is 0 Å². The minimum Gasteiger partial charge on any atom is -0.477 e. The monoisotopic (exact) mass is 584 g/mol. The van der Waals surface area contributed by atoms with Crippen molar-refractivity contribution in [1.82, 2.24) is 30.0 Å². The van der Waals surface area contributed by atoms with E-state index in [1.54, 1.807) is 24.8 Å². The first-order chi connectivity index (χ1) is 18.3. The lowest BCUT2D eigenvalue weighted by atomic mass is 9.98. The molecule has 1 aromatic carbocycles. The molecule has 3 heterocycles. The van der Waals surface area contributed by atoms with E-state index in [0.717, 1.165) is 12.4 Å². The fourth-order valence-electron chi connectivity index (χ4n) is 4.41. The molecule has 2 aromatic heterocycles. The van der Waals surface area contributed by atoms with Crippen molar-refractivity contribution in [3.63, 3.8) is 0 Å². The van der Waals surface area contributed by atoms with Crippen molar-refractivity contribution in [3.8, 4) is 0 Å². The maximum Gasteiger partial charge on any atom is 0.419 e. The summed E-state index contributed by atoms with van der Waals surface area (Å²) in [6, 6.07) is 3.36. The first-order valence-corrected chi connectivity index (χ1v) is 12.8. The maximum absolute atomic E-state index is 13.3. The number of carbonyl (C=O) groups excluding carboxylic acids is 1. The zero-order valence-electron chi connectivity index (χ0n) is 21.1. The van der Waals surface area contributed by atoms with Gasteiger partial charge >= 0.3 is 12.1 Å². The van der Waals surface area contributed by atoms with Crippen LogP contribution in [0.2, 0.25) is 10.0 Å². The fourth-order valence-corrected chi connectivity index (χ4v) is 4.71. The molecule has 3 aromatic rings. The molecular weight excluding hydrogens is 560 g/mol. The summed E-state index contributed by atoms with van der Waals surface area (Å²) in [6.07, 6.45) is -2.73. The van der Waals surface area contributed by atoms with Crippen LogP contribution < -0.4 is 5.32 Å². The van der Waals surface area contributed by atoms with E-state index >= 15 is 0 Å². The lowest BCUT2D eigenvalue weighted by Crippen LogP contribution is -2.42. The van der Waals surface area contributed by atoms with E-state index in [0.29, 0.717) is 28.3 Å². The number of halogens is 5. The summed E-state index contributed by atoms with van der Waals surface area (Å²) in [4.78, 5) is 34.7. The molecule has 1 unspecified atom stereocenters. The van der Waals surface area contributed by atoms with Crippen LogP contribution in [0.4, 0.5) is 13.2 Å². The van der Waals surface area contributed by atoms with Crippen LogP contribution >= 0.6 is 23.2 Å². The Morgan fingerprint density at radius 3 is 2.44 bits per heavy atom. The summed E-state index contributed by atoms with van der Waals surface area (Å²) in [7, 11) is 0. The van der Waals surface area contributed by atoms with E-state index in [4.69, 9.17) is 23.2 Å². The smallest absolute Gasteiger partial charge is 0.419 e. The number of carbonyl (C=O) groups is 2. The van der Waals surface area contributed by atoms with Gasteiger partial charge in [0.25, 0.3) is 5.91 Å². The van der Waals surface area contributed by atoms with Gasteiger partial charge in [-0.3, -0.25) is 9.48 Å². The number of carboxylic acids is 1. The maximum atomic E-state index is 13.3. The predicted molar refractivity (Wildman–Crippen MR) is 137 cm³/mol. The van der Waals surface area contributed by atoms with Gasteiger partial charge in [-0.2, -0.15) is 18.3 Å². The predicted octanol–water partition coefficient (Wildman–Crippen LogP) is 5.20. The Labute approximate surface area is 231 Å². The number of nitrogens with one attached hydrogen (secondary N) is 1. The van der Waals surface area contributed by atoms with Crippen LogP contribution in [-0.4, -0.2) is 54.2 Å². The molecule has 1 amide bonds. The third-order valence-electron chi connectivity index (χ3n) is 6.59. The minimum atomic E-state index is -4.53. The van der Waals surface area contributed by atoms with Crippen molar-refractivity contribution in [2.45, 2.75) is 58.0 Å². The number of rotatable bonds is 7. The molecule has 14 heteroatoms. The minimum absolute atomic E-state index is 0.0310. The van der Waals surface area contributed by atoms with Crippen LogP contribution in [-0.2, 0) is 19.1 Å². The highest BCUT2D eigenvalue weighted by molar-refractivity contribution is 6.42. The molecule has 0 saturated carbocycles. The molecule has 2 N–H and O–H groups in total. The van der Waals surface area contributed by atoms with Crippen LogP contribution in [0.3, 0.4) is 0 Å². The number of hydrogen-bond acceptors (Lipinski definition) is 6. The number of benzene rings is 1. The lowest BCUT2D eigenvalue weighted by molar-refractivity contribution is -0.138. The number of carboxylic acid groups (broad SMARTS) is 1. The lowest BCUT2D eigenvalue weighted by Gasteiger charge is -2.33. The molecule has 1 aliphatic rings. The molecule has 0 radical (unpaired) electrons. The summed E-state index contributed by atoms with van der Waals surface area (Å²) in [5.74, 6) is -1.33. The van der Waals surface area contributed by atoms with Crippen LogP contribution in [0.1, 0.15) is 76.3 Å². The van der Waals surface area contributed by atoms with Gasteiger partial charge < -0.3 is 15.3 Å². The van der Waals surface area contributed by atoms with Crippen LogP contribution in [0, 0.1) is 0 Å². The molecular formula is C25H25Cl2F3N6O3. The highest BCUT2D eigenvalue weighted by Crippen LogP contribution is 2.31. The molecule has 0 spiro atoms. The number of fused-ring (bicyclic) bond motifs is 1. The van der Waals surface area contributed by atoms with Gasteiger partial charge in [0.15, 0.2) is 5.69 Å². The molecule has 0 fully saturated rings. The van der Waals surface area contributed by atoms with Gasteiger partial charge in [0.2, 0.25) is 0 Å². The van der Waals surface area contributed by atoms with Crippen molar-refractivity contribution in [2.24, 2.45) is 0 Å². The number of aromatic nitrogens is 4. The van der Waals surface area contributed by atoms with Crippen molar-refractivity contribution in [2.75, 3.05) is 6.54 Å². The van der Waals surface area contributed by atoms with Crippen molar-refractivity contribution in [3.05, 3.63) is 74.5 Å². The third-order valence-corrected chi connectivity index (χ3v) is 7.33. The van der Waals surface area contributed by atoms with Gasteiger partial charge in [-0.15, -0.1) is 0 Å². The van der Waals surface area contributed by atoms with Gasteiger partial charge in [-0.25, -0.2) is 14.8 Å². The fraction of sp³-hybridized carbons (Fsp3) is 0.400. The van der Waals surface area contributed by atoms with Gasteiger partial charge in [0, 0.05) is 42.5 Å². The molecule has 0 bridgehead atoms. The molecule has 9 nitrogen and oxygen atoms in total. The van der Waals surface area contributed by atoms with Crippen molar-refractivity contribution in [1.29, 1.82) is 0 Å². The Bertz CT molecular complexity index is 1400. The molecule has 39 heavy (non-hydrogen) atoms. The number of alkyl halides is 3. The highest BCUT2D eigenvalue weighted by atomic mass is 35.5. The van der Waals surface area contributed by atoms with Crippen LogP contribution in [0.15, 0.2) is 30.6 Å². The van der Waals surface area contributed by atoms with E-state index in [9.17, 15) is 27.9 Å². The second-order valence-corrected chi connectivity index (χ2v) is 10.3. The zero-order valence-corrected chi connectivity index (χ0v) is 22.6. The number of aromatic carboxylic acids is 1. The number of amides is 1. The first-order valence-electron chi connectivity index (χ1n) is 12.0. The van der Waals surface area contributed by atoms with E-state index in [2.05, 4.69) is 20.4 Å². The van der Waals surface area contributed by atoms with E-state index < -0.39 is 29.8 Å². The second kappa shape index (κ2) is 11.1. The first kappa shape index (κ1) is 28.8. The normalized spacial score (nSPS) is 17.0. The van der Waals surface area contributed by atoms with E-state index in [1.807, 2.05) is 6.92 Å². The molecule has 208 valence electrons. The Hall–Kier alpha value is -3.22. The van der Waals surface area contributed by atoms with Gasteiger partial charge in [-0.05, 0) is 39.0 Å². The van der Waals surface area contributed by atoms with Crippen LogP contribution in [0.25, 0.3) is 0 Å². The topological polar surface area (TPSA) is 113 Å². The molecule has 4 rings (SSSR count). The quantitative estimate of drug-likeness (QED) is 0.392.